The van der Waals surface area contributed by atoms with E-state index in [1.165, 1.54) is 36.1 Å². The van der Waals surface area contributed by atoms with Crippen molar-refractivity contribution in [1.29, 1.82) is 0 Å². The highest BCUT2D eigenvalue weighted by Gasteiger charge is 2.54. The number of hydrogen-bond donors (Lipinski definition) is 0. The van der Waals surface area contributed by atoms with E-state index in [9.17, 15) is 0 Å². The smallest absolute Gasteiger partial charge is 0.193 e. The standard InChI is InChI=1S/C23H30N4OS/c1-3-28-17-22(7-6-20-15-26-13-11-24-21(26)29-20)10-12-27(16-22)23(8-9-23)19-5-4-18(2)25-14-19/h4-5,11,13-15H,3,6-10,12,16-17H2,1-2H3/t22-/m1/s1. The summed E-state index contributed by atoms with van der Waals surface area (Å²) in [7, 11) is 0. The average Bonchev–Trinajstić information content (AvgIpc) is 3.05. The first-order valence-corrected chi connectivity index (χ1v) is 11.6. The monoisotopic (exact) mass is 410 g/mol. The predicted octanol–water partition coefficient (Wildman–Crippen LogP) is 4.45. The Kier molecular flexibility index (Phi) is 4.96. The highest BCUT2D eigenvalue weighted by atomic mass is 32.1. The topological polar surface area (TPSA) is 42.7 Å². The molecule has 2 aliphatic rings. The van der Waals surface area contributed by atoms with Crippen LogP contribution in [0.5, 0.6) is 0 Å². The molecule has 1 atom stereocenters. The minimum atomic E-state index is 0.221. The lowest BCUT2D eigenvalue weighted by molar-refractivity contribution is 0.0444. The molecule has 3 aromatic heterocycles. The van der Waals surface area contributed by atoms with E-state index in [1.54, 1.807) is 0 Å². The molecule has 0 unspecified atom stereocenters. The second kappa shape index (κ2) is 7.49. The lowest BCUT2D eigenvalue weighted by Crippen LogP contribution is -2.38. The molecule has 1 saturated carbocycles. The minimum Gasteiger partial charge on any atom is -0.381 e. The molecule has 1 saturated heterocycles. The number of aryl methyl sites for hydroxylation is 2. The van der Waals surface area contributed by atoms with Gasteiger partial charge < -0.3 is 4.74 Å². The van der Waals surface area contributed by atoms with Gasteiger partial charge in [0.2, 0.25) is 0 Å². The molecule has 0 aromatic carbocycles. The zero-order valence-electron chi connectivity index (χ0n) is 17.4. The molecule has 3 aromatic rings. The van der Waals surface area contributed by atoms with Gasteiger partial charge in [0.1, 0.15) is 0 Å². The van der Waals surface area contributed by atoms with Crippen LogP contribution in [-0.2, 0) is 16.7 Å². The number of ether oxygens (including phenoxy) is 1. The molecule has 5 rings (SSSR count). The first-order chi connectivity index (χ1) is 14.1. The van der Waals surface area contributed by atoms with Gasteiger partial charge in [-0.05, 0) is 64.1 Å². The van der Waals surface area contributed by atoms with Crippen molar-refractivity contribution in [1.82, 2.24) is 19.3 Å². The largest absolute Gasteiger partial charge is 0.381 e. The first-order valence-electron chi connectivity index (χ1n) is 10.8. The van der Waals surface area contributed by atoms with Crippen LogP contribution in [0.4, 0.5) is 0 Å². The van der Waals surface area contributed by atoms with Crippen LogP contribution >= 0.6 is 11.3 Å². The van der Waals surface area contributed by atoms with Crippen LogP contribution in [0.25, 0.3) is 4.96 Å². The predicted molar refractivity (Wildman–Crippen MR) is 116 cm³/mol. The third-order valence-corrected chi connectivity index (χ3v) is 7.94. The van der Waals surface area contributed by atoms with Crippen LogP contribution in [0.1, 0.15) is 48.7 Å². The molecule has 0 amide bonds. The first kappa shape index (κ1) is 19.2. The van der Waals surface area contributed by atoms with Crippen molar-refractivity contribution in [2.45, 2.75) is 51.5 Å². The number of imidazole rings is 1. The fourth-order valence-corrected chi connectivity index (χ4v) is 5.88. The van der Waals surface area contributed by atoms with Gasteiger partial charge in [0.25, 0.3) is 0 Å². The van der Waals surface area contributed by atoms with Gasteiger partial charge >= 0.3 is 0 Å². The fraction of sp³-hybridized carbons (Fsp3) is 0.565. The summed E-state index contributed by atoms with van der Waals surface area (Å²) in [4.78, 5) is 14.2. The molecule has 0 spiro atoms. The zero-order valence-corrected chi connectivity index (χ0v) is 18.2. The van der Waals surface area contributed by atoms with Gasteiger partial charge in [-0.1, -0.05) is 6.07 Å². The molecule has 2 fully saturated rings. The Labute approximate surface area is 176 Å². The second-order valence-corrected chi connectivity index (χ2v) is 9.94. The fourth-order valence-electron chi connectivity index (χ4n) is 4.94. The zero-order chi connectivity index (χ0) is 19.9. The SMILES string of the molecule is CCOC[C@]1(CCc2cn3ccnc3s2)CCN(C2(c3ccc(C)nc3)CC2)C1. The van der Waals surface area contributed by atoms with Crippen molar-refractivity contribution < 1.29 is 4.74 Å². The maximum atomic E-state index is 6.00. The number of pyridine rings is 1. The number of aromatic nitrogens is 3. The Balaban J connectivity index is 1.32. The van der Waals surface area contributed by atoms with E-state index in [-0.39, 0.29) is 11.0 Å². The van der Waals surface area contributed by atoms with E-state index in [0.29, 0.717) is 0 Å². The number of hydrogen-bond acceptors (Lipinski definition) is 5. The van der Waals surface area contributed by atoms with Gasteiger partial charge in [-0.3, -0.25) is 14.3 Å². The summed E-state index contributed by atoms with van der Waals surface area (Å²) in [6.45, 7) is 8.12. The third kappa shape index (κ3) is 3.62. The Morgan fingerprint density at radius 1 is 1.21 bits per heavy atom. The Bertz CT molecular complexity index is 946. The molecular formula is C23H30N4OS. The van der Waals surface area contributed by atoms with E-state index < -0.39 is 0 Å². The van der Waals surface area contributed by atoms with Crippen molar-refractivity contribution in [3.63, 3.8) is 0 Å². The van der Waals surface area contributed by atoms with E-state index >= 15 is 0 Å². The lowest BCUT2D eigenvalue weighted by Gasteiger charge is -2.33. The second-order valence-electron chi connectivity index (χ2n) is 8.84. The molecule has 0 radical (unpaired) electrons. The molecule has 6 heteroatoms. The highest BCUT2D eigenvalue weighted by molar-refractivity contribution is 7.17. The van der Waals surface area contributed by atoms with Crippen LogP contribution in [0.3, 0.4) is 0 Å². The quantitative estimate of drug-likeness (QED) is 0.550. The van der Waals surface area contributed by atoms with Crippen LogP contribution in [0, 0.1) is 12.3 Å². The molecule has 1 aliphatic carbocycles. The van der Waals surface area contributed by atoms with Crippen molar-refractivity contribution in [2.75, 3.05) is 26.3 Å². The summed E-state index contributed by atoms with van der Waals surface area (Å²) >= 11 is 1.82. The lowest BCUT2D eigenvalue weighted by atomic mass is 9.83. The number of rotatable bonds is 8. The molecule has 0 N–H and O–H groups in total. The molecule has 1 aliphatic heterocycles. The van der Waals surface area contributed by atoms with Gasteiger partial charge in [-0.25, -0.2) is 4.98 Å². The third-order valence-electron chi connectivity index (χ3n) is 6.87. The van der Waals surface area contributed by atoms with E-state index in [1.807, 2.05) is 23.7 Å². The van der Waals surface area contributed by atoms with Gasteiger partial charge in [0, 0.05) is 59.5 Å². The minimum absolute atomic E-state index is 0.221. The molecule has 0 bridgehead atoms. The number of nitrogens with zero attached hydrogens (tertiary/aromatic N) is 4. The van der Waals surface area contributed by atoms with Gasteiger partial charge in [-0.2, -0.15) is 0 Å². The van der Waals surface area contributed by atoms with Crippen molar-refractivity contribution in [3.8, 4) is 0 Å². The maximum absolute atomic E-state index is 6.00. The Morgan fingerprint density at radius 3 is 2.83 bits per heavy atom. The highest BCUT2D eigenvalue weighted by Crippen LogP contribution is 2.54. The van der Waals surface area contributed by atoms with Crippen LogP contribution in [0.2, 0.25) is 0 Å². The molecule has 29 heavy (non-hydrogen) atoms. The maximum Gasteiger partial charge on any atom is 0.193 e. The summed E-state index contributed by atoms with van der Waals surface area (Å²) in [5.74, 6) is 0. The van der Waals surface area contributed by atoms with Crippen molar-refractivity contribution in [3.05, 3.63) is 53.1 Å². The normalized spacial score (nSPS) is 23.8. The van der Waals surface area contributed by atoms with Gasteiger partial charge in [0.15, 0.2) is 4.96 Å². The number of fused-ring (bicyclic) bond motifs is 1. The summed E-state index contributed by atoms with van der Waals surface area (Å²) in [6, 6.07) is 4.45. The number of likely N-dealkylation sites (tertiary alicyclic amines) is 1. The van der Waals surface area contributed by atoms with E-state index in [0.717, 1.165) is 43.4 Å². The Hall–Kier alpha value is -1.76. The summed E-state index contributed by atoms with van der Waals surface area (Å²) in [5, 5.41) is 0. The summed E-state index contributed by atoms with van der Waals surface area (Å²) < 4.78 is 8.14. The van der Waals surface area contributed by atoms with Crippen LogP contribution in [0.15, 0.2) is 36.9 Å². The van der Waals surface area contributed by atoms with Gasteiger partial charge in [0.05, 0.1) is 6.61 Å². The molecule has 5 nitrogen and oxygen atoms in total. The van der Waals surface area contributed by atoms with E-state index in [4.69, 9.17) is 4.74 Å². The van der Waals surface area contributed by atoms with Crippen LogP contribution < -0.4 is 0 Å². The average molecular weight is 411 g/mol. The van der Waals surface area contributed by atoms with E-state index in [2.05, 4.69) is 57.6 Å². The van der Waals surface area contributed by atoms with Crippen LogP contribution in [-0.4, -0.2) is 45.6 Å². The Morgan fingerprint density at radius 2 is 2.10 bits per heavy atom. The molecule has 4 heterocycles. The molecular weight excluding hydrogens is 380 g/mol. The summed E-state index contributed by atoms with van der Waals surface area (Å²) in [6.07, 6.45) is 14.3. The summed E-state index contributed by atoms with van der Waals surface area (Å²) in [5.41, 5.74) is 2.96. The van der Waals surface area contributed by atoms with Crippen molar-refractivity contribution in [2.24, 2.45) is 5.41 Å². The van der Waals surface area contributed by atoms with Gasteiger partial charge in [-0.15, -0.1) is 11.3 Å². The number of thiazole rings is 1. The van der Waals surface area contributed by atoms with Crippen molar-refractivity contribution >= 4 is 16.3 Å². The molecule has 154 valence electrons.